The van der Waals surface area contributed by atoms with Gasteiger partial charge in [-0.3, -0.25) is 20.4 Å². The van der Waals surface area contributed by atoms with E-state index in [2.05, 4.69) is 23.0 Å². The van der Waals surface area contributed by atoms with Crippen LogP contribution in [0.4, 0.5) is 0 Å². The lowest BCUT2D eigenvalue weighted by molar-refractivity contribution is 0.0848. The largest absolute Gasteiger partial charge is 0.508 e. The van der Waals surface area contributed by atoms with E-state index in [1.165, 1.54) is 34.6 Å². The molecule has 0 saturated heterocycles. The molecule has 0 saturated carbocycles. The Morgan fingerprint density at radius 2 is 1.65 bits per heavy atom. The molecule has 26 heavy (non-hydrogen) atoms. The zero-order valence-corrected chi connectivity index (χ0v) is 14.6. The van der Waals surface area contributed by atoms with Crippen molar-refractivity contribution in [1.29, 1.82) is 0 Å². The molecule has 2 aromatic carbocycles. The van der Waals surface area contributed by atoms with E-state index in [9.17, 15) is 14.7 Å². The molecular formula is C20H16N2O3S. The fourth-order valence-electron chi connectivity index (χ4n) is 3.08. The molecule has 6 heteroatoms. The number of nitrogens with one attached hydrogen (secondary N) is 2. The maximum Gasteiger partial charge on any atom is 0.279 e. The van der Waals surface area contributed by atoms with Crippen molar-refractivity contribution in [3.8, 4) is 16.2 Å². The summed E-state index contributed by atoms with van der Waals surface area (Å²) in [6.45, 7) is 0. The average molecular weight is 364 g/mol. The van der Waals surface area contributed by atoms with Crippen LogP contribution in [-0.4, -0.2) is 16.9 Å². The van der Waals surface area contributed by atoms with Crippen LogP contribution in [0.5, 0.6) is 5.75 Å². The number of phenols is 1. The molecule has 130 valence electrons. The van der Waals surface area contributed by atoms with Gasteiger partial charge in [-0.05, 0) is 53.8 Å². The molecule has 1 heterocycles. The number of aromatic hydroxyl groups is 1. The molecule has 1 aliphatic rings. The van der Waals surface area contributed by atoms with Gasteiger partial charge < -0.3 is 5.11 Å². The lowest BCUT2D eigenvalue weighted by Crippen LogP contribution is -2.41. The van der Waals surface area contributed by atoms with Crippen molar-refractivity contribution in [1.82, 2.24) is 10.9 Å². The highest BCUT2D eigenvalue weighted by Crippen LogP contribution is 2.39. The Hall–Kier alpha value is -3.12. The molecular weight excluding hydrogens is 348 g/mol. The first-order valence-electron chi connectivity index (χ1n) is 8.22. The number of aryl methyl sites for hydroxylation is 2. The Balaban J connectivity index is 1.49. The van der Waals surface area contributed by atoms with E-state index >= 15 is 0 Å². The van der Waals surface area contributed by atoms with Crippen LogP contribution in [0.25, 0.3) is 10.4 Å². The second-order valence-electron chi connectivity index (χ2n) is 6.08. The van der Waals surface area contributed by atoms with Gasteiger partial charge in [0.25, 0.3) is 11.8 Å². The standard InChI is InChI=1S/C20H16N2O3S/c23-15-6-3-5-14(10-15)19(24)21-22-20(25)17-11-13-9-8-12-4-1-2-7-16(12)18(13)26-17/h1-7,10-11,23H,8-9H2,(H,21,24)(H,22,25). The Bertz CT molecular complexity index is 1010. The van der Waals surface area contributed by atoms with Crippen LogP contribution in [0.2, 0.25) is 0 Å². The number of amides is 2. The van der Waals surface area contributed by atoms with Gasteiger partial charge in [0, 0.05) is 10.4 Å². The topological polar surface area (TPSA) is 78.4 Å². The zero-order valence-electron chi connectivity index (χ0n) is 13.8. The van der Waals surface area contributed by atoms with Gasteiger partial charge in [-0.15, -0.1) is 11.3 Å². The number of phenolic OH excluding ortho intramolecular Hbond substituents is 1. The van der Waals surface area contributed by atoms with Crippen molar-refractivity contribution >= 4 is 23.2 Å². The summed E-state index contributed by atoms with van der Waals surface area (Å²) in [5.41, 5.74) is 8.73. The van der Waals surface area contributed by atoms with Crippen molar-refractivity contribution < 1.29 is 14.7 Å². The van der Waals surface area contributed by atoms with E-state index in [0.717, 1.165) is 23.3 Å². The third-order valence-electron chi connectivity index (χ3n) is 4.36. The van der Waals surface area contributed by atoms with Gasteiger partial charge in [-0.25, -0.2) is 0 Å². The fraction of sp³-hybridized carbons (Fsp3) is 0.100. The Labute approximate surface area is 154 Å². The van der Waals surface area contributed by atoms with Crippen LogP contribution < -0.4 is 10.9 Å². The summed E-state index contributed by atoms with van der Waals surface area (Å²) in [6.07, 6.45) is 1.88. The predicted molar refractivity (Wildman–Crippen MR) is 100 cm³/mol. The van der Waals surface area contributed by atoms with Crippen LogP contribution in [0.3, 0.4) is 0 Å². The van der Waals surface area contributed by atoms with E-state index in [1.807, 2.05) is 18.2 Å². The molecule has 0 aliphatic heterocycles. The molecule has 0 fully saturated rings. The molecule has 0 bridgehead atoms. The lowest BCUT2D eigenvalue weighted by atomic mass is 9.91. The SMILES string of the molecule is O=C(NNC(=O)c1cc2c(s1)-c1ccccc1CC2)c1cccc(O)c1. The number of fused-ring (bicyclic) bond motifs is 3. The van der Waals surface area contributed by atoms with E-state index in [4.69, 9.17) is 0 Å². The fourth-order valence-corrected chi connectivity index (χ4v) is 4.24. The summed E-state index contributed by atoms with van der Waals surface area (Å²) in [4.78, 5) is 26.1. The second-order valence-corrected chi connectivity index (χ2v) is 7.13. The third-order valence-corrected chi connectivity index (χ3v) is 5.57. The number of hydrogen-bond donors (Lipinski definition) is 3. The van der Waals surface area contributed by atoms with Crippen LogP contribution in [0.15, 0.2) is 54.6 Å². The minimum absolute atomic E-state index is 0.00595. The molecule has 0 spiro atoms. The van der Waals surface area contributed by atoms with Crippen LogP contribution in [0, 0.1) is 0 Å². The first kappa shape index (κ1) is 16.4. The number of hydrogen-bond acceptors (Lipinski definition) is 4. The monoisotopic (exact) mass is 364 g/mol. The van der Waals surface area contributed by atoms with Gasteiger partial charge in [0.15, 0.2) is 0 Å². The van der Waals surface area contributed by atoms with Gasteiger partial charge in [0.1, 0.15) is 5.75 Å². The number of rotatable bonds is 2. The summed E-state index contributed by atoms with van der Waals surface area (Å²) in [5.74, 6) is -0.843. The molecule has 5 nitrogen and oxygen atoms in total. The summed E-state index contributed by atoms with van der Waals surface area (Å²) >= 11 is 1.43. The highest BCUT2D eigenvalue weighted by Gasteiger charge is 2.21. The van der Waals surface area contributed by atoms with Crippen molar-refractivity contribution in [2.75, 3.05) is 0 Å². The van der Waals surface area contributed by atoms with Crippen LogP contribution in [0.1, 0.15) is 31.2 Å². The quantitative estimate of drug-likeness (QED) is 0.611. The summed E-state index contributed by atoms with van der Waals surface area (Å²) in [7, 11) is 0. The molecule has 0 atom stereocenters. The lowest BCUT2D eigenvalue weighted by Gasteiger charge is -2.15. The van der Waals surface area contributed by atoms with Crippen molar-refractivity contribution in [3.05, 3.63) is 76.2 Å². The molecule has 0 unspecified atom stereocenters. The van der Waals surface area contributed by atoms with Gasteiger partial charge in [-0.1, -0.05) is 30.3 Å². The van der Waals surface area contributed by atoms with E-state index in [1.54, 1.807) is 12.1 Å². The number of carbonyl (C=O) groups is 2. The second kappa shape index (κ2) is 6.65. The Morgan fingerprint density at radius 1 is 0.885 bits per heavy atom. The van der Waals surface area contributed by atoms with Gasteiger partial charge in [0.2, 0.25) is 0 Å². The Kier molecular flexibility index (Phi) is 4.18. The molecule has 0 radical (unpaired) electrons. The van der Waals surface area contributed by atoms with E-state index in [-0.39, 0.29) is 17.2 Å². The smallest absolute Gasteiger partial charge is 0.279 e. The summed E-state index contributed by atoms with van der Waals surface area (Å²) < 4.78 is 0. The number of benzene rings is 2. The van der Waals surface area contributed by atoms with Crippen molar-refractivity contribution in [3.63, 3.8) is 0 Å². The Morgan fingerprint density at radius 3 is 2.50 bits per heavy atom. The normalized spacial score (nSPS) is 12.0. The van der Waals surface area contributed by atoms with Crippen molar-refractivity contribution in [2.45, 2.75) is 12.8 Å². The third kappa shape index (κ3) is 3.07. The summed E-state index contributed by atoms with van der Waals surface area (Å²) in [6, 6.07) is 16.1. The maximum atomic E-state index is 12.4. The minimum atomic E-state index is -0.485. The van der Waals surface area contributed by atoms with Crippen molar-refractivity contribution in [2.24, 2.45) is 0 Å². The molecule has 4 rings (SSSR count). The molecule has 2 amide bonds. The van der Waals surface area contributed by atoms with Gasteiger partial charge >= 0.3 is 0 Å². The van der Waals surface area contributed by atoms with Crippen LogP contribution >= 0.6 is 11.3 Å². The molecule has 1 aliphatic carbocycles. The maximum absolute atomic E-state index is 12.4. The summed E-state index contributed by atoms with van der Waals surface area (Å²) in [5, 5.41) is 9.43. The molecule has 3 N–H and O–H groups in total. The number of carbonyl (C=O) groups excluding carboxylic acids is 2. The predicted octanol–water partition coefficient (Wildman–Crippen LogP) is 3.29. The first-order chi connectivity index (χ1) is 12.6. The minimum Gasteiger partial charge on any atom is -0.508 e. The van der Waals surface area contributed by atoms with E-state index < -0.39 is 5.91 Å². The van der Waals surface area contributed by atoms with Crippen LogP contribution in [-0.2, 0) is 12.8 Å². The first-order valence-corrected chi connectivity index (χ1v) is 9.04. The van der Waals surface area contributed by atoms with E-state index in [0.29, 0.717) is 4.88 Å². The average Bonchev–Trinajstić information content (AvgIpc) is 3.11. The number of thiophene rings is 1. The molecule has 1 aromatic heterocycles. The van der Waals surface area contributed by atoms with Gasteiger partial charge in [0.05, 0.1) is 4.88 Å². The zero-order chi connectivity index (χ0) is 18.1. The molecule has 3 aromatic rings. The van der Waals surface area contributed by atoms with Gasteiger partial charge in [-0.2, -0.15) is 0 Å². The highest BCUT2D eigenvalue weighted by molar-refractivity contribution is 7.17. The number of hydrazine groups is 1. The highest BCUT2D eigenvalue weighted by atomic mass is 32.1.